The largest absolute Gasteiger partial charge is 0.493 e. The first kappa shape index (κ1) is 25.8. The molecule has 0 aliphatic carbocycles. The molecule has 0 radical (unpaired) electrons. The molecule has 0 spiro atoms. The number of carbonyl (C=O) groups is 4. The first-order valence-corrected chi connectivity index (χ1v) is 11.4. The van der Waals surface area contributed by atoms with Gasteiger partial charge in [0.1, 0.15) is 11.9 Å². The second-order valence-electron chi connectivity index (χ2n) is 7.20. The number of esters is 1. The molecule has 0 bridgehead atoms. The van der Waals surface area contributed by atoms with E-state index in [1.54, 1.807) is 25.1 Å². The number of anilines is 1. The van der Waals surface area contributed by atoms with E-state index >= 15 is 0 Å². The van der Waals surface area contributed by atoms with Gasteiger partial charge < -0.3 is 19.5 Å². The van der Waals surface area contributed by atoms with E-state index < -0.39 is 41.5 Å². The molecule has 1 aliphatic heterocycles. The fraction of sp³-hybridized carbons (Fsp3) is 0.250. The summed E-state index contributed by atoms with van der Waals surface area (Å²) in [6.45, 7) is 2.76. The van der Waals surface area contributed by atoms with Crippen LogP contribution in [-0.4, -0.2) is 54.3 Å². The van der Waals surface area contributed by atoms with Crippen LogP contribution in [0.15, 0.2) is 47.4 Å². The average molecular weight is 503 g/mol. The minimum atomic E-state index is -1.08. The summed E-state index contributed by atoms with van der Waals surface area (Å²) in [4.78, 5) is 50.6. The SMILES string of the molecule is CCOC(=O)[C@@H](C)N1C(=O)S/C(=C/c2cccc(OC)c2OCC(=O)Nc2ccc(F)cc2)C1=O. The summed E-state index contributed by atoms with van der Waals surface area (Å²) < 4.78 is 29.0. The number of nitrogens with one attached hydrogen (secondary N) is 1. The summed E-state index contributed by atoms with van der Waals surface area (Å²) in [5.74, 6) is -1.80. The average Bonchev–Trinajstić information content (AvgIpc) is 3.11. The lowest BCUT2D eigenvalue weighted by Gasteiger charge is -2.19. The fourth-order valence-electron chi connectivity index (χ4n) is 3.15. The first-order valence-electron chi connectivity index (χ1n) is 10.5. The minimum Gasteiger partial charge on any atom is -0.493 e. The van der Waals surface area contributed by atoms with Gasteiger partial charge in [0.25, 0.3) is 17.1 Å². The minimum absolute atomic E-state index is 0.0695. The van der Waals surface area contributed by atoms with Gasteiger partial charge in [-0.05, 0) is 62.0 Å². The zero-order chi connectivity index (χ0) is 25.5. The quantitative estimate of drug-likeness (QED) is 0.407. The van der Waals surface area contributed by atoms with E-state index in [1.165, 1.54) is 44.4 Å². The van der Waals surface area contributed by atoms with Crippen molar-refractivity contribution < 1.29 is 37.8 Å². The molecule has 1 atom stereocenters. The molecule has 35 heavy (non-hydrogen) atoms. The standard InChI is InChI=1S/C24H23FN2O7S/c1-4-33-23(30)14(2)27-22(29)19(35-24(27)31)12-15-6-5-7-18(32-3)21(15)34-13-20(28)26-17-10-8-16(25)9-11-17/h5-12,14H,4,13H2,1-3H3,(H,26,28)/b19-12+/t14-/m1/s1. The smallest absolute Gasteiger partial charge is 0.329 e. The summed E-state index contributed by atoms with van der Waals surface area (Å²) in [7, 11) is 1.42. The van der Waals surface area contributed by atoms with Crippen molar-refractivity contribution in [3.63, 3.8) is 0 Å². The van der Waals surface area contributed by atoms with Gasteiger partial charge in [-0.25, -0.2) is 9.18 Å². The number of hydrogen-bond acceptors (Lipinski definition) is 8. The van der Waals surface area contributed by atoms with E-state index in [-0.39, 0.29) is 17.3 Å². The Balaban J connectivity index is 1.79. The van der Waals surface area contributed by atoms with Gasteiger partial charge in [-0.1, -0.05) is 12.1 Å². The third kappa shape index (κ3) is 6.18. The van der Waals surface area contributed by atoms with Crippen molar-refractivity contribution in [1.82, 2.24) is 4.90 Å². The molecule has 1 heterocycles. The van der Waals surface area contributed by atoms with Crippen LogP contribution >= 0.6 is 11.8 Å². The molecule has 0 unspecified atom stereocenters. The Hall–Kier alpha value is -3.86. The first-order chi connectivity index (χ1) is 16.7. The predicted molar refractivity (Wildman–Crippen MR) is 127 cm³/mol. The number of para-hydroxylation sites is 1. The van der Waals surface area contributed by atoms with Crippen LogP contribution in [0.5, 0.6) is 11.5 Å². The van der Waals surface area contributed by atoms with Crippen LogP contribution in [0.25, 0.3) is 6.08 Å². The predicted octanol–water partition coefficient (Wildman–Crippen LogP) is 3.84. The number of amides is 3. The van der Waals surface area contributed by atoms with Crippen LogP contribution in [0.4, 0.5) is 14.9 Å². The Morgan fingerprint density at radius 3 is 2.54 bits per heavy atom. The second kappa shape index (κ2) is 11.5. The molecule has 2 aromatic rings. The molecule has 9 nitrogen and oxygen atoms in total. The summed E-state index contributed by atoms with van der Waals surface area (Å²) >= 11 is 0.674. The zero-order valence-corrected chi connectivity index (χ0v) is 20.0. The summed E-state index contributed by atoms with van der Waals surface area (Å²) in [5, 5.41) is 1.98. The summed E-state index contributed by atoms with van der Waals surface area (Å²) in [6, 6.07) is 9.06. The van der Waals surface area contributed by atoms with Crippen molar-refractivity contribution in [2.75, 3.05) is 25.6 Å². The molecular weight excluding hydrogens is 479 g/mol. The Morgan fingerprint density at radius 1 is 1.17 bits per heavy atom. The number of nitrogens with zero attached hydrogens (tertiary/aromatic N) is 1. The van der Waals surface area contributed by atoms with Crippen molar-refractivity contribution in [3.8, 4) is 11.5 Å². The number of rotatable bonds is 9. The van der Waals surface area contributed by atoms with Gasteiger partial charge in [-0.3, -0.25) is 19.3 Å². The van der Waals surface area contributed by atoms with Crippen molar-refractivity contribution in [2.45, 2.75) is 19.9 Å². The fourth-order valence-corrected chi connectivity index (χ4v) is 4.05. The molecule has 1 fully saturated rings. The van der Waals surface area contributed by atoms with Gasteiger partial charge in [0.2, 0.25) is 0 Å². The maximum atomic E-state index is 13.1. The lowest BCUT2D eigenvalue weighted by Crippen LogP contribution is -2.42. The lowest BCUT2D eigenvalue weighted by molar-refractivity contribution is -0.150. The number of benzene rings is 2. The molecule has 3 rings (SSSR count). The van der Waals surface area contributed by atoms with Gasteiger partial charge in [0.15, 0.2) is 18.1 Å². The van der Waals surface area contributed by atoms with Crippen LogP contribution in [-0.2, 0) is 19.1 Å². The van der Waals surface area contributed by atoms with Crippen molar-refractivity contribution in [1.29, 1.82) is 0 Å². The van der Waals surface area contributed by atoms with E-state index in [0.717, 1.165) is 4.90 Å². The Kier molecular flexibility index (Phi) is 8.48. The highest BCUT2D eigenvalue weighted by atomic mass is 32.2. The molecule has 1 aliphatic rings. The Bertz CT molecular complexity index is 1170. The van der Waals surface area contributed by atoms with Gasteiger partial charge in [-0.2, -0.15) is 0 Å². The van der Waals surface area contributed by atoms with Crippen LogP contribution < -0.4 is 14.8 Å². The number of imide groups is 1. The van der Waals surface area contributed by atoms with Crippen molar-refractivity contribution >= 4 is 46.5 Å². The van der Waals surface area contributed by atoms with Gasteiger partial charge in [0, 0.05) is 11.3 Å². The molecule has 184 valence electrons. The second-order valence-corrected chi connectivity index (χ2v) is 8.20. The topological polar surface area (TPSA) is 111 Å². The van der Waals surface area contributed by atoms with Crippen LogP contribution in [0.2, 0.25) is 0 Å². The normalized spacial score (nSPS) is 15.2. The van der Waals surface area contributed by atoms with E-state index in [2.05, 4.69) is 5.32 Å². The summed E-state index contributed by atoms with van der Waals surface area (Å²) in [6.07, 6.45) is 1.43. The van der Waals surface area contributed by atoms with Crippen molar-refractivity contribution in [2.24, 2.45) is 0 Å². The molecule has 3 amide bonds. The number of thioether (sulfide) groups is 1. The summed E-state index contributed by atoms with van der Waals surface area (Å²) in [5.41, 5.74) is 0.776. The van der Waals surface area contributed by atoms with Gasteiger partial charge in [0.05, 0.1) is 18.6 Å². The maximum Gasteiger partial charge on any atom is 0.329 e. The highest BCUT2D eigenvalue weighted by Gasteiger charge is 2.41. The van der Waals surface area contributed by atoms with E-state index in [1.807, 2.05) is 0 Å². The monoisotopic (exact) mass is 502 g/mol. The highest BCUT2D eigenvalue weighted by molar-refractivity contribution is 8.18. The molecular formula is C24H23FN2O7S. The molecule has 1 N–H and O–H groups in total. The number of hydrogen-bond donors (Lipinski definition) is 1. The van der Waals surface area contributed by atoms with E-state index in [0.29, 0.717) is 28.8 Å². The van der Waals surface area contributed by atoms with E-state index in [9.17, 15) is 23.6 Å². The Labute approximate surface area is 205 Å². The third-order valence-corrected chi connectivity index (χ3v) is 5.71. The molecule has 11 heteroatoms. The maximum absolute atomic E-state index is 13.1. The highest BCUT2D eigenvalue weighted by Crippen LogP contribution is 2.38. The molecule has 2 aromatic carbocycles. The van der Waals surface area contributed by atoms with Crippen molar-refractivity contribution in [3.05, 3.63) is 58.8 Å². The van der Waals surface area contributed by atoms with Crippen LogP contribution in [0.3, 0.4) is 0 Å². The third-order valence-electron chi connectivity index (χ3n) is 4.83. The van der Waals surface area contributed by atoms with Gasteiger partial charge in [-0.15, -0.1) is 0 Å². The number of methoxy groups -OCH3 is 1. The lowest BCUT2D eigenvalue weighted by atomic mass is 10.1. The number of carbonyl (C=O) groups excluding carboxylic acids is 4. The molecule has 0 saturated carbocycles. The Morgan fingerprint density at radius 2 is 1.89 bits per heavy atom. The van der Waals surface area contributed by atoms with Crippen LogP contribution in [0.1, 0.15) is 19.4 Å². The number of ether oxygens (including phenoxy) is 3. The van der Waals surface area contributed by atoms with Crippen LogP contribution in [0, 0.1) is 5.82 Å². The van der Waals surface area contributed by atoms with E-state index in [4.69, 9.17) is 14.2 Å². The van der Waals surface area contributed by atoms with Gasteiger partial charge >= 0.3 is 5.97 Å². The molecule has 1 saturated heterocycles. The number of halogens is 1. The molecule has 0 aromatic heterocycles. The zero-order valence-electron chi connectivity index (χ0n) is 19.2.